The highest BCUT2D eigenvalue weighted by Gasteiger charge is 2.38. The summed E-state index contributed by atoms with van der Waals surface area (Å²) in [5, 5.41) is 0. The van der Waals surface area contributed by atoms with Crippen LogP contribution in [0.5, 0.6) is 5.75 Å². The largest absolute Gasteiger partial charge is 0.429 e. The number of halogens is 6. The topological polar surface area (TPSA) is 9.23 Å². The van der Waals surface area contributed by atoms with E-state index in [9.17, 15) is 26.3 Å². The lowest BCUT2D eigenvalue weighted by molar-refractivity contribution is -0.187. The quantitative estimate of drug-likeness (QED) is 0.420. The highest BCUT2D eigenvalue weighted by atomic mass is 19.3. The zero-order valence-electron chi connectivity index (χ0n) is 14.5. The summed E-state index contributed by atoms with van der Waals surface area (Å²) in [7, 11) is 0. The Morgan fingerprint density at radius 1 is 0.852 bits per heavy atom. The maximum atomic E-state index is 14.3. The number of hydrogen-bond donors (Lipinski definition) is 0. The van der Waals surface area contributed by atoms with Gasteiger partial charge >= 0.3 is 6.11 Å². The van der Waals surface area contributed by atoms with E-state index in [4.69, 9.17) is 0 Å². The van der Waals surface area contributed by atoms with Gasteiger partial charge in [-0.1, -0.05) is 25.8 Å². The zero-order valence-corrected chi connectivity index (χ0v) is 14.5. The maximum absolute atomic E-state index is 14.3. The monoisotopic (exact) mass is 388 g/mol. The number of alkyl halides is 2. The van der Waals surface area contributed by atoms with E-state index in [0.29, 0.717) is 11.5 Å². The normalized spacial score (nSPS) is 20.6. The van der Waals surface area contributed by atoms with Crippen molar-refractivity contribution in [2.75, 3.05) is 0 Å². The molecule has 0 spiro atoms. The van der Waals surface area contributed by atoms with Gasteiger partial charge in [-0.05, 0) is 42.4 Å². The molecule has 1 fully saturated rings. The summed E-state index contributed by atoms with van der Waals surface area (Å²) in [6, 6.07) is 3.95. The van der Waals surface area contributed by atoms with Crippen molar-refractivity contribution in [3.8, 4) is 5.75 Å². The van der Waals surface area contributed by atoms with Crippen molar-refractivity contribution in [3.05, 3.63) is 64.7 Å². The molecule has 1 nitrogen and oxygen atoms in total. The summed E-state index contributed by atoms with van der Waals surface area (Å²) < 4.78 is 86.4. The van der Waals surface area contributed by atoms with Crippen LogP contribution in [0.3, 0.4) is 0 Å². The molecule has 0 bridgehead atoms. The maximum Gasteiger partial charge on any atom is 0.429 e. The molecule has 0 atom stereocenters. The van der Waals surface area contributed by atoms with E-state index < -0.39 is 40.7 Å². The van der Waals surface area contributed by atoms with E-state index in [2.05, 4.69) is 11.7 Å². The third-order valence-corrected chi connectivity index (χ3v) is 5.00. The molecule has 3 rings (SSSR count). The Hall–Kier alpha value is -2.18. The van der Waals surface area contributed by atoms with Gasteiger partial charge in [-0.3, -0.25) is 0 Å². The molecule has 0 saturated heterocycles. The summed E-state index contributed by atoms with van der Waals surface area (Å²) >= 11 is 0. The molecule has 0 heterocycles. The van der Waals surface area contributed by atoms with Gasteiger partial charge in [0.2, 0.25) is 0 Å². The molecule has 27 heavy (non-hydrogen) atoms. The van der Waals surface area contributed by atoms with Crippen LogP contribution in [0.15, 0.2) is 30.3 Å². The van der Waals surface area contributed by atoms with Gasteiger partial charge in [0, 0.05) is 12.1 Å². The minimum atomic E-state index is -4.18. The molecule has 0 aliphatic heterocycles. The second-order valence-corrected chi connectivity index (χ2v) is 7.02. The van der Waals surface area contributed by atoms with Crippen molar-refractivity contribution < 1.29 is 31.1 Å². The van der Waals surface area contributed by atoms with Gasteiger partial charge in [0.25, 0.3) is 0 Å². The summed E-state index contributed by atoms with van der Waals surface area (Å²) in [5.74, 6) is -6.56. The van der Waals surface area contributed by atoms with Crippen molar-refractivity contribution >= 4 is 0 Å². The van der Waals surface area contributed by atoms with E-state index in [1.165, 1.54) is 6.07 Å². The van der Waals surface area contributed by atoms with E-state index in [0.717, 1.165) is 37.8 Å². The molecular weight excluding hydrogens is 370 g/mol. The summed E-state index contributed by atoms with van der Waals surface area (Å²) in [6.45, 7) is 2.14. The molecule has 7 heteroatoms. The van der Waals surface area contributed by atoms with Crippen LogP contribution >= 0.6 is 0 Å². The lowest BCUT2D eigenvalue weighted by Gasteiger charge is -2.27. The number of rotatable bonds is 4. The Kier molecular flexibility index (Phi) is 5.40. The Morgan fingerprint density at radius 3 is 2.00 bits per heavy atom. The highest BCUT2D eigenvalue weighted by molar-refractivity contribution is 5.31. The Morgan fingerprint density at radius 2 is 1.44 bits per heavy atom. The average Bonchev–Trinajstić information content (AvgIpc) is 2.59. The van der Waals surface area contributed by atoms with Crippen LogP contribution in [-0.4, -0.2) is 0 Å². The van der Waals surface area contributed by atoms with Crippen LogP contribution in [-0.2, 0) is 6.11 Å². The molecule has 1 aliphatic carbocycles. The predicted octanol–water partition coefficient (Wildman–Crippen LogP) is 6.67. The van der Waals surface area contributed by atoms with Gasteiger partial charge in [-0.2, -0.15) is 8.78 Å². The molecule has 2 aromatic carbocycles. The van der Waals surface area contributed by atoms with E-state index in [1.54, 1.807) is 0 Å². The van der Waals surface area contributed by atoms with Crippen molar-refractivity contribution in [1.29, 1.82) is 0 Å². The fourth-order valence-corrected chi connectivity index (χ4v) is 3.41. The first-order chi connectivity index (χ1) is 12.7. The predicted molar refractivity (Wildman–Crippen MR) is 87.6 cm³/mol. The average molecular weight is 388 g/mol. The Bertz CT molecular complexity index is 804. The standard InChI is InChI=1S/C20H18F6O/c1-11-2-4-12(5-3-11)13-6-7-15(16(21)8-13)20(25,26)27-14-9-17(22)19(24)18(23)10-14/h6-12H,2-5H2,1H3. The second kappa shape index (κ2) is 7.44. The Labute approximate surface area is 153 Å². The Balaban J connectivity index is 1.82. The van der Waals surface area contributed by atoms with Gasteiger partial charge in [-0.25, -0.2) is 17.6 Å². The van der Waals surface area contributed by atoms with Crippen molar-refractivity contribution in [3.63, 3.8) is 0 Å². The first-order valence-corrected chi connectivity index (χ1v) is 8.68. The molecular formula is C20H18F6O. The molecule has 1 aliphatic rings. The summed E-state index contributed by atoms with van der Waals surface area (Å²) in [4.78, 5) is 0. The molecule has 0 N–H and O–H groups in total. The van der Waals surface area contributed by atoms with Crippen LogP contribution in [0.1, 0.15) is 49.7 Å². The SMILES string of the molecule is CC1CCC(c2ccc(C(F)(F)Oc3cc(F)c(F)c(F)c3)c(F)c2)CC1. The van der Waals surface area contributed by atoms with Crippen LogP contribution in [0.2, 0.25) is 0 Å². The molecule has 1 saturated carbocycles. The first-order valence-electron chi connectivity index (χ1n) is 8.68. The van der Waals surface area contributed by atoms with Crippen molar-refractivity contribution in [2.24, 2.45) is 5.92 Å². The number of benzene rings is 2. The van der Waals surface area contributed by atoms with E-state index in [-0.39, 0.29) is 18.1 Å². The minimum absolute atomic E-state index is 0.111. The molecule has 2 aromatic rings. The van der Waals surface area contributed by atoms with Crippen LogP contribution < -0.4 is 4.74 Å². The van der Waals surface area contributed by atoms with Gasteiger partial charge in [-0.15, -0.1) is 0 Å². The van der Waals surface area contributed by atoms with Gasteiger partial charge in [0.15, 0.2) is 17.5 Å². The fourth-order valence-electron chi connectivity index (χ4n) is 3.41. The third-order valence-electron chi connectivity index (χ3n) is 5.00. The molecule has 0 radical (unpaired) electrons. The van der Waals surface area contributed by atoms with Crippen molar-refractivity contribution in [2.45, 2.75) is 44.6 Å². The molecule has 0 amide bonds. The zero-order chi connectivity index (χ0) is 19.8. The molecule has 0 aromatic heterocycles. The van der Waals surface area contributed by atoms with Gasteiger partial charge in [0.1, 0.15) is 11.6 Å². The highest BCUT2D eigenvalue weighted by Crippen LogP contribution is 2.39. The first kappa shape index (κ1) is 19.6. The fraction of sp³-hybridized carbons (Fsp3) is 0.400. The minimum Gasteiger partial charge on any atom is -0.429 e. The summed E-state index contributed by atoms with van der Waals surface area (Å²) in [6.07, 6.45) is -0.466. The lowest BCUT2D eigenvalue weighted by Crippen LogP contribution is -2.24. The van der Waals surface area contributed by atoms with Crippen LogP contribution in [0.4, 0.5) is 26.3 Å². The number of hydrogen-bond acceptors (Lipinski definition) is 1. The summed E-state index contributed by atoms with van der Waals surface area (Å²) in [5.41, 5.74) is -0.418. The van der Waals surface area contributed by atoms with Crippen LogP contribution in [0, 0.1) is 29.2 Å². The van der Waals surface area contributed by atoms with Gasteiger partial charge < -0.3 is 4.74 Å². The van der Waals surface area contributed by atoms with Crippen molar-refractivity contribution in [1.82, 2.24) is 0 Å². The second-order valence-electron chi connectivity index (χ2n) is 7.02. The van der Waals surface area contributed by atoms with E-state index in [1.807, 2.05) is 0 Å². The molecule has 0 unspecified atom stereocenters. The van der Waals surface area contributed by atoms with E-state index >= 15 is 0 Å². The molecule has 146 valence electrons. The lowest BCUT2D eigenvalue weighted by atomic mass is 9.79. The number of ether oxygens (including phenoxy) is 1. The van der Waals surface area contributed by atoms with Crippen LogP contribution in [0.25, 0.3) is 0 Å². The van der Waals surface area contributed by atoms with Gasteiger partial charge in [0.05, 0.1) is 5.56 Å². The smallest absolute Gasteiger partial charge is 0.429 e. The third kappa shape index (κ3) is 4.22.